The quantitative estimate of drug-likeness (QED) is 0.682. The number of hydrogen-bond acceptors (Lipinski definition) is 3. The number of piperidine rings is 1. The highest BCUT2D eigenvalue weighted by Crippen LogP contribution is 2.16. The lowest BCUT2D eigenvalue weighted by atomic mass is 10.0. The molecule has 0 aliphatic carbocycles. The Morgan fingerprint density at radius 2 is 2.24 bits per heavy atom. The first-order chi connectivity index (χ1) is 10.2. The van der Waals surface area contributed by atoms with Crippen molar-refractivity contribution in [3.63, 3.8) is 0 Å². The Morgan fingerprint density at radius 3 is 2.90 bits per heavy atom. The molecule has 1 atom stereocenters. The summed E-state index contributed by atoms with van der Waals surface area (Å²) >= 11 is 0. The van der Waals surface area contributed by atoms with Gasteiger partial charge in [0.2, 0.25) is 0 Å². The van der Waals surface area contributed by atoms with E-state index in [1.54, 1.807) is 6.20 Å². The van der Waals surface area contributed by atoms with E-state index in [9.17, 15) is 10.1 Å². The molecule has 1 fully saturated rings. The number of amides is 1. The van der Waals surface area contributed by atoms with Crippen LogP contribution in [0.3, 0.4) is 0 Å². The number of hydrogen-bond donors (Lipinski definition) is 1. The van der Waals surface area contributed by atoms with Gasteiger partial charge >= 0.3 is 0 Å². The molecular weight excluding hydrogens is 262 g/mol. The number of carbonyl (C=O) groups is 1. The zero-order valence-electron chi connectivity index (χ0n) is 12.4. The largest absolute Gasteiger partial charge is 0.376 e. The molecule has 0 bridgehead atoms. The first-order valence-electron chi connectivity index (χ1n) is 7.37. The lowest BCUT2D eigenvalue weighted by Crippen LogP contribution is -2.32. The molecule has 1 amide bonds. The Morgan fingerprint density at radius 1 is 1.48 bits per heavy atom. The summed E-state index contributed by atoms with van der Waals surface area (Å²) in [5.41, 5.74) is 1.20. The lowest BCUT2D eigenvalue weighted by Gasteiger charge is -2.29. The number of nitrogens with zero attached hydrogens (tertiary/aromatic N) is 2. The predicted octanol–water partition coefficient (Wildman–Crippen LogP) is 2.44. The van der Waals surface area contributed by atoms with Crippen LogP contribution >= 0.6 is 0 Å². The minimum absolute atomic E-state index is 0.181. The van der Waals surface area contributed by atoms with Crippen LogP contribution in [0, 0.1) is 17.2 Å². The molecule has 1 saturated heterocycles. The van der Waals surface area contributed by atoms with Crippen molar-refractivity contribution in [2.75, 3.05) is 13.1 Å². The number of likely N-dealkylation sites (tertiary alicyclic amines) is 1. The zero-order valence-corrected chi connectivity index (χ0v) is 12.4. The maximum Gasteiger partial charge on any atom is 0.263 e. The highest BCUT2D eigenvalue weighted by Gasteiger charge is 2.16. The van der Waals surface area contributed by atoms with Crippen LogP contribution in [-0.2, 0) is 11.3 Å². The summed E-state index contributed by atoms with van der Waals surface area (Å²) < 4.78 is 0. The molecule has 1 aliphatic rings. The molecule has 1 aromatic carbocycles. The second-order valence-corrected chi connectivity index (χ2v) is 5.57. The van der Waals surface area contributed by atoms with Crippen LogP contribution in [0.1, 0.15) is 25.3 Å². The molecule has 0 saturated carbocycles. The van der Waals surface area contributed by atoms with Crippen LogP contribution in [0.4, 0.5) is 0 Å². The highest BCUT2D eigenvalue weighted by atomic mass is 16.1. The van der Waals surface area contributed by atoms with E-state index < -0.39 is 0 Å². The molecule has 0 aromatic heterocycles. The predicted molar refractivity (Wildman–Crippen MR) is 82.0 cm³/mol. The Balaban J connectivity index is 1.93. The van der Waals surface area contributed by atoms with E-state index in [-0.39, 0.29) is 11.5 Å². The number of benzene rings is 1. The SMILES string of the molecule is CC1CCCN(/C=C(/C#N)C(=O)NCc2ccccc2)C1. The van der Waals surface area contributed by atoms with E-state index in [4.69, 9.17) is 0 Å². The monoisotopic (exact) mass is 283 g/mol. The van der Waals surface area contributed by atoms with E-state index in [0.717, 1.165) is 25.1 Å². The average Bonchev–Trinajstić information content (AvgIpc) is 2.51. The topological polar surface area (TPSA) is 56.1 Å². The van der Waals surface area contributed by atoms with Gasteiger partial charge in [0.15, 0.2) is 0 Å². The number of carbonyl (C=O) groups excluding carboxylic acids is 1. The van der Waals surface area contributed by atoms with Crippen LogP contribution in [0.25, 0.3) is 0 Å². The minimum atomic E-state index is -0.306. The van der Waals surface area contributed by atoms with Crippen LogP contribution in [0.5, 0.6) is 0 Å². The van der Waals surface area contributed by atoms with Gasteiger partial charge in [-0.2, -0.15) is 5.26 Å². The average molecular weight is 283 g/mol. The van der Waals surface area contributed by atoms with Gasteiger partial charge in [-0.3, -0.25) is 4.79 Å². The molecule has 4 nitrogen and oxygen atoms in total. The number of nitriles is 1. The molecule has 2 rings (SSSR count). The molecule has 1 heterocycles. The van der Waals surface area contributed by atoms with Crippen molar-refractivity contribution in [3.8, 4) is 6.07 Å². The highest BCUT2D eigenvalue weighted by molar-refractivity contribution is 5.97. The summed E-state index contributed by atoms with van der Waals surface area (Å²) in [6.07, 6.45) is 4.03. The summed E-state index contributed by atoms with van der Waals surface area (Å²) in [5, 5.41) is 12.0. The van der Waals surface area contributed by atoms with E-state index in [1.165, 1.54) is 6.42 Å². The van der Waals surface area contributed by atoms with Gasteiger partial charge < -0.3 is 10.2 Å². The first kappa shape index (κ1) is 15.1. The standard InChI is InChI=1S/C17H21N3O/c1-14-6-5-9-20(12-14)13-16(10-18)17(21)19-11-15-7-3-2-4-8-15/h2-4,7-8,13-14H,5-6,9,11-12H2,1H3,(H,19,21)/b16-13-. The molecule has 1 aromatic rings. The molecule has 0 radical (unpaired) electrons. The van der Waals surface area contributed by atoms with Crippen molar-refractivity contribution < 1.29 is 4.79 Å². The first-order valence-corrected chi connectivity index (χ1v) is 7.37. The van der Waals surface area contributed by atoms with Gasteiger partial charge in [-0.25, -0.2) is 0 Å². The van der Waals surface area contributed by atoms with Crippen LogP contribution in [0.15, 0.2) is 42.1 Å². The van der Waals surface area contributed by atoms with Gasteiger partial charge in [-0.1, -0.05) is 37.3 Å². The maximum absolute atomic E-state index is 12.1. The number of rotatable bonds is 4. The van der Waals surface area contributed by atoms with Crippen LogP contribution < -0.4 is 5.32 Å². The third-order valence-electron chi connectivity index (χ3n) is 3.66. The molecule has 1 N–H and O–H groups in total. The number of nitrogens with one attached hydrogen (secondary N) is 1. The third kappa shape index (κ3) is 4.64. The summed E-state index contributed by atoms with van der Waals surface area (Å²) in [5.74, 6) is 0.307. The van der Waals surface area contributed by atoms with E-state index >= 15 is 0 Å². The third-order valence-corrected chi connectivity index (χ3v) is 3.66. The fourth-order valence-electron chi connectivity index (χ4n) is 2.54. The molecule has 4 heteroatoms. The molecule has 1 unspecified atom stereocenters. The molecule has 110 valence electrons. The zero-order chi connectivity index (χ0) is 15.1. The minimum Gasteiger partial charge on any atom is -0.376 e. The normalized spacial score (nSPS) is 19.0. The van der Waals surface area contributed by atoms with Gasteiger partial charge in [0.1, 0.15) is 11.6 Å². The van der Waals surface area contributed by atoms with Crippen molar-refractivity contribution in [1.29, 1.82) is 5.26 Å². The lowest BCUT2D eigenvalue weighted by molar-refractivity contribution is -0.117. The Bertz CT molecular complexity index is 545. The Hall–Kier alpha value is -2.28. The van der Waals surface area contributed by atoms with E-state index in [1.807, 2.05) is 36.4 Å². The van der Waals surface area contributed by atoms with Gasteiger partial charge in [0.25, 0.3) is 5.91 Å². The Labute approximate surface area is 126 Å². The summed E-state index contributed by atoms with van der Waals surface area (Å²) in [7, 11) is 0. The van der Waals surface area contributed by atoms with Gasteiger partial charge in [-0.05, 0) is 24.3 Å². The van der Waals surface area contributed by atoms with Crippen molar-refractivity contribution >= 4 is 5.91 Å². The van der Waals surface area contributed by atoms with Crippen molar-refractivity contribution in [1.82, 2.24) is 10.2 Å². The summed E-state index contributed by atoms with van der Waals surface area (Å²) in [6, 6.07) is 11.7. The summed E-state index contributed by atoms with van der Waals surface area (Å²) in [4.78, 5) is 14.2. The Kier molecular flexibility index (Phi) is 5.39. The fraction of sp³-hybridized carbons (Fsp3) is 0.412. The van der Waals surface area contributed by atoms with Crippen LogP contribution in [0.2, 0.25) is 0 Å². The van der Waals surface area contributed by atoms with Crippen molar-refractivity contribution in [2.45, 2.75) is 26.3 Å². The second kappa shape index (κ2) is 7.49. The van der Waals surface area contributed by atoms with Gasteiger partial charge in [0.05, 0.1) is 0 Å². The summed E-state index contributed by atoms with van der Waals surface area (Å²) in [6.45, 7) is 4.47. The van der Waals surface area contributed by atoms with Crippen molar-refractivity contribution in [2.24, 2.45) is 5.92 Å². The molecule has 1 aliphatic heterocycles. The molecule has 21 heavy (non-hydrogen) atoms. The maximum atomic E-state index is 12.1. The molecular formula is C17H21N3O. The van der Waals surface area contributed by atoms with E-state index in [0.29, 0.717) is 12.5 Å². The van der Waals surface area contributed by atoms with Crippen LogP contribution in [-0.4, -0.2) is 23.9 Å². The van der Waals surface area contributed by atoms with Gasteiger partial charge in [-0.15, -0.1) is 0 Å². The molecule has 0 spiro atoms. The van der Waals surface area contributed by atoms with Crippen molar-refractivity contribution in [3.05, 3.63) is 47.7 Å². The smallest absolute Gasteiger partial charge is 0.263 e. The fourth-order valence-corrected chi connectivity index (χ4v) is 2.54. The second-order valence-electron chi connectivity index (χ2n) is 5.57. The van der Waals surface area contributed by atoms with E-state index in [2.05, 4.69) is 17.1 Å². The van der Waals surface area contributed by atoms with Gasteiger partial charge in [0, 0.05) is 25.8 Å².